The van der Waals surface area contributed by atoms with Crippen LogP contribution in [0.5, 0.6) is 0 Å². The molecule has 0 amide bonds. The van der Waals surface area contributed by atoms with Crippen LogP contribution in [0.4, 0.5) is 0 Å². The fourth-order valence-electron chi connectivity index (χ4n) is 2.87. The van der Waals surface area contributed by atoms with E-state index >= 15 is 0 Å². The SMILES string of the molecule is CC(C)(C)N1CCC(N2CCC(C#N)C2)C1. The molecule has 0 bridgehead atoms. The van der Waals surface area contributed by atoms with Crippen LogP contribution < -0.4 is 0 Å². The van der Waals surface area contributed by atoms with E-state index in [4.69, 9.17) is 5.26 Å². The summed E-state index contributed by atoms with van der Waals surface area (Å²) in [5.41, 5.74) is 0.295. The summed E-state index contributed by atoms with van der Waals surface area (Å²) in [6.07, 6.45) is 2.35. The molecular weight excluding hydrogens is 198 g/mol. The zero-order valence-electron chi connectivity index (χ0n) is 10.7. The van der Waals surface area contributed by atoms with Gasteiger partial charge >= 0.3 is 0 Å². The van der Waals surface area contributed by atoms with Crippen LogP contribution in [-0.2, 0) is 0 Å². The van der Waals surface area contributed by atoms with Gasteiger partial charge < -0.3 is 0 Å². The van der Waals surface area contributed by atoms with Gasteiger partial charge in [0.2, 0.25) is 0 Å². The number of rotatable bonds is 1. The average molecular weight is 221 g/mol. The van der Waals surface area contributed by atoms with Crippen molar-refractivity contribution in [3.63, 3.8) is 0 Å². The number of nitriles is 1. The molecule has 2 rings (SSSR count). The van der Waals surface area contributed by atoms with Crippen molar-refractivity contribution in [2.24, 2.45) is 5.92 Å². The van der Waals surface area contributed by atoms with Gasteiger partial charge in [-0.3, -0.25) is 9.80 Å². The highest BCUT2D eigenvalue weighted by Crippen LogP contribution is 2.27. The molecule has 2 saturated heterocycles. The lowest BCUT2D eigenvalue weighted by atomic mass is 10.1. The number of hydrogen-bond acceptors (Lipinski definition) is 3. The van der Waals surface area contributed by atoms with Crippen LogP contribution >= 0.6 is 0 Å². The molecule has 3 heteroatoms. The average Bonchev–Trinajstić information content (AvgIpc) is 2.85. The minimum atomic E-state index is 0.281. The normalized spacial score (nSPS) is 33.1. The Morgan fingerprint density at radius 2 is 1.88 bits per heavy atom. The molecule has 0 aromatic heterocycles. The molecule has 2 unspecified atom stereocenters. The summed E-state index contributed by atoms with van der Waals surface area (Å²) in [5.74, 6) is 0.281. The second-order valence-corrected chi connectivity index (χ2v) is 6.17. The molecule has 2 aliphatic heterocycles. The van der Waals surface area contributed by atoms with Crippen molar-refractivity contribution in [3.05, 3.63) is 0 Å². The molecule has 0 aliphatic carbocycles. The first-order valence-corrected chi connectivity index (χ1v) is 6.39. The van der Waals surface area contributed by atoms with E-state index in [9.17, 15) is 0 Å². The van der Waals surface area contributed by atoms with Crippen LogP contribution in [-0.4, -0.2) is 47.6 Å². The lowest BCUT2D eigenvalue weighted by Gasteiger charge is -2.32. The third-order valence-electron chi connectivity index (χ3n) is 4.03. The monoisotopic (exact) mass is 221 g/mol. The smallest absolute Gasteiger partial charge is 0.0669 e. The van der Waals surface area contributed by atoms with Gasteiger partial charge in [0.25, 0.3) is 0 Å². The van der Waals surface area contributed by atoms with E-state index in [2.05, 4.69) is 36.6 Å². The second-order valence-electron chi connectivity index (χ2n) is 6.17. The minimum absolute atomic E-state index is 0.281. The first-order valence-electron chi connectivity index (χ1n) is 6.39. The molecule has 2 heterocycles. The predicted molar refractivity (Wildman–Crippen MR) is 65.0 cm³/mol. The van der Waals surface area contributed by atoms with Crippen molar-refractivity contribution in [2.75, 3.05) is 26.2 Å². The quantitative estimate of drug-likeness (QED) is 0.675. The summed E-state index contributed by atoms with van der Waals surface area (Å²) in [6.45, 7) is 11.4. The molecule has 2 atom stereocenters. The molecule has 3 nitrogen and oxygen atoms in total. The Kier molecular flexibility index (Phi) is 3.23. The van der Waals surface area contributed by atoms with E-state index in [1.54, 1.807) is 0 Å². The molecule has 2 fully saturated rings. The van der Waals surface area contributed by atoms with Crippen molar-refractivity contribution in [1.29, 1.82) is 5.26 Å². The lowest BCUT2D eigenvalue weighted by molar-refractivity contribution is 0.152. The highest BCUT2D eigenvalue weighted by molar-refractivity contribution is 4.96. The predicted octanol–water partition coefficient (Wildman–Crippen LogP) is 1.70. The maximum absolute atomic E-state index is 8.92. The van der Waals surface area contributed by atoms with Crippen molar-refractivity contribution < 1.29 is 0 Å². The Morgan fingerprint density at radius 3 is 2.38 bits per heavy atom. The van der Waals surface area contributed by atoms with E-state index in [0.29, 0.717) is 11.6 Å². The lowest BCUT2D eigenvalue weighted by Crippen LogP contribution is -2.42. The van der Waals surface area contributed by atoms with Crippen LogP contribution in [0.25, 0.3) is 0 Å². The summed E-state index contributed by atoms with van der Waals surface area (Å²) >= 11 is 0. The maximum Gasteiger partial charge on any atom is 0.0669 e. The van der Waals surface area contributed by atoms with Crippen molar-refractivity contribution >= 4 is 0 Å². The third-order valence-corrected chi connectivity index (χ3v) is 4.03. The van der Waals surface area contributed by atoms with Crippen molar-refractivity contribution in [1.82, 2.24) is 9.80 Å². The zero-order valence-corrected chi connectivity index (χ0v) is 10.7. The van der Waals surface area contributed by atoms with E-state index in [1.807, 2.05) is 0 Å². The summed E-state index contributed by atoms with van der Waals surface area (Å²) in [6, 6.07) is 3.10. The van der Waals surface area contributed by atoms with E-state index in [-0.39, 0.29) is 5.92 Å². The fourth-order valence-corrected chi connectivity index (χ4v) is 2.87. The molecular formula is C13H23N3. The highest BCUT2D eigenvalue weighted by Gasteiger charge is 2.35. The Balaban J connectivity index is 1.88. The number of nitrogens with zero attached hydrogens (tertiary/aromatic N) is 3. The Morgan fingerprint density at radius 1 is 1.12 bits per heavy atom. The standard InChI is InChI=1S/C13H23N3/c1-13(2,3)16-7-5-12(10-16)15-6-4-11(8-14)9-15/h11-12H,4-7,9-10H2,1-3H3. The molecule has 0 aromatic carbocycles. The van der Waals surface area contributed by atoms with Crippen LogP contribution in [0, 0.1) is 17.2 Å². The van der Waals surface area contributed by atoms with Gasteiger partial charge in [0, 0.05) is 31.2 Å². The van der Waals surface area contributed by atoms with Crippen LogP contribution in [0.1, 0.15) is 33.6 Å². The molecule has 0 saturated carbocycles. The van der Waals surface area contributed by atoms with Gasteiger partial charge in [-0.2, -0.15) is 5.26 Å². The molecule has 0 spiro atoms. The minimum Gasteiger partial charge on any atom is -0.298 e. The third kappa shape index (κ3) is 2.39. The Bertz CT molecular complexity index is 287. The van der Waals surface area contributed by atoms with E-state index in [0.717, 1.165) is 19.5 Å². The Labute approximate surface area is 99.0 Å². The molecule has 0 radical (unpaired) electrons. The topological polar surface area (TPSA) is 30.3 Å². The first-order chi connectivity index (χ1) is 7.50. The molecule has 90 valence electrons. The maximum atomic E-state index is 8.92. The highest BCUT2D eigenvalue weighted by atomic mass is 15.3. The second kappa shape index (κ2) is 4.35. The van der Waals surface area contributed by atoms with Gasteiger partial charge in [0.15, 0.2) is 0 Å². The van der Waals surface area contributed by atoms with E-state index in [1.165, 1.54) is 19.5 Å². The largest absolute Gasteiger partial charge is 0.298 e. The first kappa shape index (κ1) is 11.9. The van der Waals surface area contributed by atoms with Crippen LogP contribution in [0.2, 0.25) is 0 Å². The van der Waals surface area contributed by atoms with E-state index < -0.39 is 0 Å². The molecule has 0 aromatic rings. The van der Waals surface area contributed by atoms with Gasteiger partial charge in [-0.05, 0) is 40.2 Å². The van der Waals surface area contributed by atoms with Gasteiger partial charge in [-0.1, -0.05) is 0 Å². The summed E-state index contributed by atoms with van der Waals surface area (Å²) in [4.78, 5) is 5.09. The van der Waals surface area contributed by atoms with Gasteiger partial charge in [-0.25, -0.2) is 0 Å². The molecule has 0 N–H and O–H groups in total. The Hall–Kier alpha value is -0.590. The number of hydrogen-bond donors (Lipinski definition) is 0. The van der Waals surface area contributed by atoms with Gasteiger partial charge in [-0.15, -0.1) is 0 Å². The van der Waals surface area contributed by atoms with Gasteiger partial charge in [0.1, 0.15) is 0 Å². The molecule has 2 aliphatic rings. The summed E-state index contributed by atoms with van der Waals surface area (Å²) in [7, 11) is 0. The van der Waals surface area contributed by atoms with Crippen LogP contribution in [0.15, 0.2) is 0 Å². The summed E-state index contributed by atoms with van der Waals surface area (Å²) < 4.78 is 0. The van der Waals surface area contributed by atoms with Gasteiger partial charge in [0.05, 0.1) is 12.0 Å². The number of likely N-dealkylation sites (tertiary alicyclic amines) is 2. The van der Waals surface area contributed by atoms with Crippen LogP contribution in [0.3, 0.4) is 0 Å². The fraction of sp³-hybridized carbons (Fsp3) is 0.923. The molecule has 16 heavy (non-hydrogen) atoms. The van der Waals surface area contributed by atoms with Crippen molar-refractivity contribution in [3.8, 4) is 6.07 Å². The summed E-state index contributed by atoms with van der Waals surface area (Å²) in [5, 5.41) is 8.92. The zero-order chi connectivity index (χ0) is 11.8. The van der Waals surface area contributed by atoms with Crippen molar-refractivity contribution in [2.45, 2.75) is 45.2 Å².